The van der Waals surface area contributed by atoms with Crippen molar-refractivity contribution in [2.45, 2.75) is 31.7 Å². The van der Waals surface area contributed by atoms with Crippen molar-refractivity contribution in [3.05, 3.63) is 35.2 Å². The molecule has 0 saturated carbocycles. The number of amides is 2. The summed E-state index contributed by atoms with van der Waals surface area (Å²) >= 11 is 1.50. The van der Waals surface area contributed by atoms with Crippen molar-refractivity contribution in [2.75, 3.05) is 18.4 Å². The largest absolute Gasteiger partial charge is 0.472 e. The van der Waals surface area contributed by atoms with Gasteiger partial charge in [-0.05, 0) is 44.8 Å². The van der Waals surface area contributed by atoms with Crippen LogP contribution in [-0.4, -0.2) is 35.9 Å². The molecule has 0 aliphatic carbocycles. The fraction of sp³-hybridized carbons (Fsp3) is 0.438. The number of carbonyl (C=O) groups is 2. The van der Waals surface area contributed by atoms with Crippen LogP contribution < -0.4 is 16.0 Å². The van der Waals surface area contributed by atoms with Crippen LogP contribution in [0.5, 0.6) is 0 Å². The van der Waals surface area contributed by atoms with E-state index in [4.69, 9.17) is 4.42 Å². The zero-order chi connectivity index (χ0) is 16.9. The Balaban J connectivity index is 1.54. The first kappa shape index (κ1) is 16.7. The number of aromatic nitrogens is 1. The maximum Gasteiger partial charge on any atom is 0.255 e. The summed E-state index contributed by atoms with van der Waals surface area (Å²) in [5, 5.41) is 9.30. The van der Waals surface area contributed by atoms with Crippen molar-refractivity contribution in [1.82, 2.24) is 15.6 Å². The molecule has 1 atom stereocenters. The number of piperidine rings is 1. The third-order valence-corrected chi connectivity index (χ3v) is 5.09. The Labute approximate surface area is 143 Å². The third kappa shape index (κ3) is 4.01. The van der Waals surface area contributed by atoms with Crippen molar-refractivity contribution >= 4 is 28.3 Å². The number of rotatable bonds is 5. The van der Waals surface area contributed by atoms with Crippen molar-refractivity contribution in [1.29, 1.82) is 0 Å². The molecule has 1 aliphatic rings. The Bertz CT molecular complexity index is 692. The Hall–Kier alpha value is -2.19. The monoisotopic (exact) mass is 348 g/mol. The summed E-state index contributed by atoms with van der Waals surface area (Å²) in [6, 6.07) is 0.880. The summed E-state index contributed by atoms with van der Waals surface area (Å²) in [6.45, 7) is 3.66. The van der Waals surface area contributed by atoms with Crippen molar-refractivity contribution < 1.29 is 14.0 Å². The lowest BCUT2D eigenvalue weighted by Crippen LogP contribution is -2.41. The van der Waals surface area contributed by atoms with E-state index < -0.39 is 6.04 Å². The number of thiazole rings is 1. The molecule has 2 aromatic rings. The summed E-state index contributed by atoms with van der Waals surface area (Å²) in [4.78, 5) is 29.6. The van der Waals surface area contributed by atoms with Gasteiger partial charge in [0.15, 0.2) is 5.13 Å². The maximum absolute atomic E-state index is 12.2. The highest BCUT2D eigenvalue weighted by Crippen LogP contribution is 2.31. The van der Waals surface area contributed by atoms with Crippen molar-refractivity contribution in [3.63, 3.8) is 0 Å². The van der Waals surface area contributed by atoms with Crippen LogP contribution in [0.3, 0.4) is 0 Å². The van der Waals surface area contributed by atoms with Gasteiger partial charge >= 0.3 is 0 Å². The van der Waals surface area contributed by atoms with E-state index in [-0.39, 0.29) is 11.8 Å². The number of nitrogens with zero attached hydrogens (tertiary/aromatic N) is 1. The van der Waals surface area contributed by atoms with Gasteiger partial charge in [0.25, 0.3) is 5.91 Å². The van der Waals surface area contributed by atoms with Gasteiger partial charge in [0.05, 0.1) is 11.8 Å². The van der Waals surface area contributed by atoms with E-state index in [0.717, 1.165) is 25.9 Å². The number of nitrogens with one attached hydrogen (secondary N) is 3. The van der Waals surface area contributed by atoms with E-state index in [1.54, 1.807) is 13.0 Å². The minimum atomic E-state index is -0.668. The van der Waals surface area contributed by atoms with Gasteiger partial charge in [-0.2, -0.15) is 0 Å². The molecule has 3 N–H and O–H groups in total. The summed E-state index contributed by atoms with van der Waals surface area (Å²) in [5.74, 6) is -0.133. The first-order valence-electron chi connectivity index (χ1n) is 7.94. The topological polar surface area (TPSA) is 96.3 Å². The number of carbonyl (C=O) groups excluding carboxylic acids is 2. The van der Waals surface area contributed by atoms with Gasteiger partial charge in [-0.15, -0.1) is 11.3 Å². The van der Waals surface area contributed by atoms with Crippen LogP contribution in [0.1, 0.15) is 40.9 Å². The van der Waals surface area contributed by atoms with E-state index in [0.29, 0.717) is 16.6 Å². The molecule has 7 nitrogen and oxygen atoms in total. The Morgan fingerprint density at radius 2 is 2.21 bits per heavy atom. The Kier molecular flexibility index (Phi) is 5.27. The standard InChI is InChI=1S/C16H20N4O3S/c1-10(19-15(22)12-4-7-23-9-12)14(21)20-16-18-8-13(24-16)11-2-5-17-6-3-11/h4,7-11,17H,2-3,5-6H2,1H3,(H,19,22)(H,18,20,21). The first-order chi connectivity index (χ1) is 11.6. The smallest absolute Gasteiger partial charge is 0.255 e. The van der Waals surface area contributed by atoms with Crippen LogP contribution in [0.4, 0.5) is 5.13 Å². The van der Waals surface area contributed by atoms with E-state index in [9.17, 15) is 9.59 Å². The molecule has 1 fully saturated rings. The summed E-state index contributed by atoms with van der Waals surface area (Å²) in [6.07, 6.45) is 6.77. The van der Waals surface area contributed by atoms with E-state index in [1.165, 1.54) is 28.7 Å². The average molecular weight is 348 g/mol. The van der Waals surface area contributed by atoms with Gasteiger partial charge in [0.1, 0.15) is 12.3 Å². The molecule has 0 bridgehead atoms. The molecule has 2 aromatic heterocycles. The normalized spacial score (nSPS) is 16.5. The van der Waals surface area contributed by atoms with Crippen LogP contribution in [0, 0.1) is 0 Å². The van der Waals surface area contributed by atoms with Crippen LogP contribution in [-0.2, 0) is 4.79 Å². The van der Waals surface area contributed by atoms with Crippen LogP contribution >= 0.6 is 11.3 Å². The highest BCUT2D eigenvalue weighted by atomic mass is 32.1. The predicted molar refractivity (Wildman–Crippen MR) is 91.2 cm³/mol. The molecular weight excluding hydrogens is 328 g/mol. The zero-order valence-corrected chi connectivity index (χ0v) is 14.2. The summed E-state index contributed by atoms with van der Waals surface area (Å²) in [7, 11) is 0. The number of hydrogen-bond donors (Lipinski definition) is 3. The fourth-order valence-corrected chi connectivity index (χ4v) is 3.58. The molecule has 3 heterocycles. The van der Waals surface area contributed by atoms with Crippen molar-refractivity contribution in [2.24, 2.45) is 0 Å². The molecule has 1 saturated heterocycles. The van der Waals surface area contributed by atoms with Gasteiger partial charge in [-0.1, -0.05) is 0 Å². The van der Waals surface area contributed by atoms with E-state index >= 15 is 0 Å². The lowest BCUT2D eigenvalue weighted by Gasteiger charge is -2.20. The minimum absolute atomic E-state index is 0.293. The number of hydrogen-bond acceptors (Lipinski definition) is 6. The zero-order valence-electron chi connectivity index (χ0n) is 13.4. The van der Waals surface area contributed by atoms with Gasteiger partial charge in [-0.3, -0.25) is 9.59 Å². The van der Waals surface area contributed by atoms with Crippen LogP contribution in [0.15, 0.2) is 29.2 Å². The quantitative estimate of drug-likeness (QED) is 0.767. The van der Waals surface area contributed by atoms with Gasteiger partial charge < -0.3 is 20.4 Å². The molecule has 128 valence electrons. The molecule has 0 aromatic carbocycles. The minimum Gasteiger partial charge on any atom is -0.472 e. The fourth-order valence-electron chi connectivity index (χ4n) is 2.59. The molecule has 2 amide bonds. The molecular formula is C16H20N4O3S. The van der Waals surface area contributed by atoms with Crippen molar-refractivity contribution in [3.8, 4) is 0 Å². The van der Waals surface area contributed by atoms with Crippen LogP contribution in [0.2, 0.25) is 0 Å². The van der Waals surface area contributed by atoms with Crippen LogP contribution in [0.25, 0.3) is 0 Å². The average Bonchev–Trinajstić information content (AvgIpc) is 3.27. The van der Waals surface area contributed by atoms with Gasteiger partial charge in [-0.25, -0.2) is 4.98 Å². The maximum atomic E-state index is 12.2. The van der Waals surface area contributed by atoms with E-state index in [2.05, 4.69) is 20.9 Å². The molecule has 1 aliphatic heterocycles. The molecule has 0 radical (unpaired) electrons. The predicted octanol–water partition coefficient (Wildman–Crippen LogP) is 1.96. The lowest BCUT2D eigenvalue weighted by molar-refractivity contribution is -0.117. The molecule has 8 heteroatoms. The Morgan fingerprint density at radius 1 is 1.42 bits per heavy atom. The summed E-state index contributed by atoms with van der Waals surface area (Å²) < 4.78 is 4.86. The molecule has 3 rings (SSSR count). The highest BCUT2D eigenvalue weighted by Gasteiger charge is 2.21. The van der Waals surface area contributed by atoms with E-state index in [1.807, 2.05) is 6.20 Å². The lowest BCUT2D eigenvalue weighted by atomic mass is 9.97. The van der Waals surface area contributed by atoms with Gasteiger partial charge in [0.2, 0.25) is 5.91 Å². The Morgan fingerprint density at radius 3 is 2.92 bits per heavy atom. The highest BCUT2D eigenvalue weighted by molar-refractivity contribution is 7.15. The summed E-state index contributed by atoms with van der Waals surface area (Å²) in [5.41, 5.74) is 0.386. The molecule has 0 spiro atoms. The molecule has 1 unspecified atom stereocenters. The number of anilines is 1. The van der Waals surface area contributed by atoms with Gasteiger partial charge in [0, 0.05) is 11.1 Å². The SMILES string of the molecule is CC(NC(=O)c1ccoc1)C(=O)Nc1ncc(C2CCNCC2)s1. The second-order valence-corrected chi connectivity index (χ2v) is 6.85. The molecule has 24 heavy (non-hydrogen) atoms. The second kappa shape index (κ2) is 7.59. The number of furan rings is 1. The third-order valence-electron chi connectivity index (χ3n) is 4.02. The first-order valence-corrected chi connectivity index (χ1v) is 8.75. The second-order valence-electron chi connectivity index (χ2n) is 5.79.